The molecule has 0 unspecified atom stereocenters. The maximum absolute atomic E-state index is 13.6. The number of hydrogen-bond donors (Lipinski definition) is 1. The number of benzene rings is 2. The van der Waals surface area contributed by atoms with Crippen LogP contribution in [0.3, 0.4) is 0 Å². The predicted molar refractivity (Wildman–Crippen MR) is 130 cm³/mol. The Kier molecular flexibility index (Phi) is 5.99. The summed E-state index contributed by atoms with van der Waals surface area (Å²) in [6.45, 7) is 3.29. The number of ether oxygens (including phenoxy) is 1. The Bertz CT molecular complexity index is 1340. The van der Waals surface area contributed by atoms with Gasteiger partial charge in [-0.05, 0) is 38.0 Å². The highest BCUT2D eigenvalue weighted by Crippen LogP contribution is 2.32. The predicted octanol–water partition coefficient (Wildman–Crippen LogP) is 4.30. The molecule has 1 aliphatic heterocycles. The maximum atomic E-state index is 13.6. The van der Waals surface area contributed by atoms with E-state index in [0.717, 1.165) is 40.8 Å². The molecule has 1 atom stereocenters. The summed E-state index contributed by atoms with van der Waals surface area (Å²) in [5.74, 6) is 0.0870. The van der Waals surface area contributed by atoms with Gasteiger partial charge in [-0.2, -0.15) is 0 Å². The monoisotopic (exact) mass is 465 g/mol. The van der Waals surface area contributed by atoms with Gasteiger partial charge in [-0.25, -0.2) is 4.98 Å². The van der Waals surface area contributed by atoms with Gasteiger partial charge in [0, 0.05) is 23.2 Å². The van der Waals surface area contributed by atoms with Crippen LogP contribution < -0.4 is 10.9 Å². The second-order valence-electron chi connectivity index (χ2n) is 7.87. The zero-order chi connectivity index (χ0) is 22.1. The highest BCUT2D eigenvalue weighted by Gasteiger charge is 2.19. The van der Waals surface area contributed by atoms with Crippen LogP contribution in [0, 0.1) is 6.92 Å². The zero-order valence-corrected chi connectivity index (χ0v) is 19.3. The molecule has 0 bridgehead atoms. The van der Waals surface area contributed by atoms with E-state index >= 15 is 0 Å². The SMILES string of the molecule is Cc1ccc(-n2c(SCC(=O)NC[C@@H]3CCCO3)nc3c(sc4ccccc43)c2=O)cc1. The molecule has 2 aromatic carbocycles. The summed E-state index contributed by atoms with van der Waals surface area (Å²) in [5.41, 5.74) is 2.44. The Labute approximate surface area is 193 Å². The lowest BCUT2D eigenvalue weighted by atomic mass is 10.2. The zero-order valence-electron chi connectivity index (χ0n) is 17.7. The quantitative estimate of drug-likeness (QED) is 0.340. The number of rotatable bonds is 6. The molecule has 1 fully saturated rings. The van der Waals surface area contributed by atoms with Crippen molar-refractivity contribution in [2.45, 2.75) is 31.0 Å². The van der Waals surface area contributed by atoms with Crippen molar-refractivity contribution in [1.29, 1.82) is 0 Å². The number of thioether (sulfide) groups is 1. The first-order valence-corrected chi connectivity index (χ1v) is 12.4. The van der Waals surface area contributed by atoms with E-state index in [1.54, 1.807) is 4.57 Å². The number of hydrogen-bond acceptors (Lipinski definition) is 6. The number of amides is 1. The standard InChI is InChI=1S/C24H23N3O3S2/c1-15-8-10-16(11-9-15)27-23(29)22-21(18-6-2-3-7-19(18)32-22)26-24(27)31-14-20(28)25-13-17-5-4-12-30-17/h2-3,6-11,17H,4-5,12-14H2,1H3,(H,25,28)/t17-/m0/s1. The largest absolute Gasteiger partial charge is 0.376 e. The molecule has 1 saturated heterocycles. The minimum absolute atomic E-state index is 0.0921. The minimum atomic E-state index is -0.109. The Morgan fingerprint density at radius 2 is 2.06 bits per heavy atom. The van der Waals surface area contributed by atoms with Crippen LogP contribution >= 0.6 is 23.1 Å². The van der Waals surface area contributed by atoms with E-state index in [9.17, 15) is 9.59 Å². The highest BCUT2D eigenvalue weighted by atomic mass is 32.2. The molecule has 5 rings (SSSR count). The molecule has 0 radical (unpaired) electrons. The molecule has 0 saturated carbocycles. The second kappa shape index (κ2) is 9.05. The van der Waals surface area contributed by atoms with Crippen molar-refractivity contribution < 1.29 is 9.53 Å². The summed E-state index contributed by atoms with van der Waals surface area (Å²) < 4.78 is 8.84. The van der Waals surface area contributed by atoms with Crippen molar-refractivity contribution >= 4 is 49.3 Å². The fraction of sp³-hybridized carbons (Fsp3) is 0.292. The van der Waals surface area contributed by atoms with Crippen LogP contribution in [0.1, 0.15) is 18.4 Å². The van der Waals surface area contributed by atoms with Crippen molar-refractivity contribution in [3.8, 4) is 5.69 Å². The summed E-state index contributed by atoms with van der Waals surface area (Å²) in [6.07, 6.45) is 2.11. The van der Waals surface area contributed by atoms with Gasteiger partial charge in [-0.15, -0.1) is 11.3 Å². The molecule has 6 nitrogen and oxygen atoms in total. The molecule has 32 heavy (non-hydrogen) atoms. The van der Waals surface area contributed by atoms with Gasteiger partial charge in [0.25, 0.3) is 5.56 Å². The van der Waals surface area contributed by atoms with Crippen LogP contribution in [0.5, 0.6) is 0 Å². The van der Waals surface area contributed by atoms with Crippen molar-refractivity contribution in [3.63, 3.8) is 0 Å². The van der Waals surface area contributed by atoms with E-state index in [-0.39, 0.29) is 23.3 Å². The van der Waals surface area contributed by atoms with Gasteiger partial charge in [0.15, 0.2) is 5.16 Å². The van der Waals surface area contributed by atoms with Gasteiger partial charge >= 0.3 is 0 Å². The van der Waals surface area contributed by atoms with Gasteiger partial charge in [0.1, 0.15) is 4.70 Å². The lowest BCUT2D eigenvalue weighted by molar-refractivity contribution is -0.119. The number of nitrogens with zero attached hydrogens (tertiary/aromatic N) is 2. The fourth-order valence-corrected chi connectivity index (χ4v) is 5.76. The summed E-state index contributed by atoms with van der Waals surface area (Å²) in [7, 11) is 0. The topological polar surface area (TPSA) is 73.2 Å². The molecule has 4 aromatic rings. The van der Waals surface area contributed by atoms with Crippen LogP contribution in [0.2, 0.25) is 0 Å². The number of aryl methyl sites for hydroxylation is 1. The van der Waals surface area contributed by atoms with Gasteiger partial charge in [0.05, 0.1) is 23.1 Å². The first-order chi connectivity index (χ1) is 15.6. The van der Waals surface area contributed by atoms with E-state index in [2.05, 4.69) is 5.32 Å². The molecule has 1 aliphatic rings. The van der Waals surface area contributed by atoms with Crippen molar-refractivity contribution in [2.75, 3.05) is 18.9 Å². The number of fused-ring (bicyclic) bond motifs is 3. The number of carbonyl (C=O) groups excluding carboxylic acids is 1. The maximum Gasteiger partial charge on any atom is 0.276 e. The Morgan fingerprint density at radius 3 is 2.84 bits per heavy atom. The first kappa shape index (κ1) is 21.2. The van der Waals surface area contributed by atoms with Gasteiger partial charge < -0.3 is 10.1 Å². The number of thiophene rings is 1. The normalized spacial score (nSPS) is 16.1. The smallest absolute Gasteiger partial charge is 0.276 e. The molecule has 0 spiro atoms. The van der Waals surface area contributed by atoms with E-state index < -0.39 is 0 Å². The Morgan fingerprint density at radius 1 is 1.25 bits per heavy atom. The van der Waals surface area contributed by atoms with E-state index in [1.807, 2.05) is 55.5 Å². The molecule has 0 aliphatic carbocycles. The molecular weight excluding hydrogens is 442 g/mol. The number of aromatic nitrogens is 2. The third kappa shape index (κ3) is 4.18. The van der Waals surface area contributed by atoms with Crippen molar-refractivity contribution in [3.05, 3.63) is 64.4 Å². The second-order valence-corrected chi connectivity index (χ2v) is 9.87. The molecule has 1 N–H and O–H groups in total. The first-order valence-electron chi connectivity index (χ1n) is 10.6. The van der Waals surface area contributed by atoms with E-state index in [0.29, 0.717) is 21.9 Å². The van der Waals surface area contributed by atoms with E-state index in [1.165, 1.54) is 23.1 Å². The summed E-state index contributed by atoms with van der Waals surface area (Å²) in [5, 5.41) is 4.42. The minimum Gasteiger partial charge on any atom is -0.376 e. The van der Waals surface area contributed by atoms with Crippen LogP contribution in [0.25, 0.3) is 26.0 Å². The Balaban J connectivity index is 1.50. The van der Waals surface area contributed by atoms with Crippen molar-refractivity contribution in [1.82, 2.24) is 14.9 Å². The third-order valence-corrected chi connectivity index (χ3v) is 7.63. The highest BCUT2D eigenvalue weighted by molar-refractivity contribution is 7.99. The molecule has 2 aromatic heterocycles. The number of carbonyl (C=O) groups is 1. The summed E-state index contributed by atoms with van der Waals surface area (Å²) in [6, 6.07) is 15.7. The molecular formula is C24H23N3O3S2. The molecule has 8 heteroatoms. The summed E-state index contributed by atoms with van der Waals surface area (Å²) >= 11 is 2.74. The molecule has 3 heterocycles. The van der Waals surface area contributed by atoms with Gasteiger partial charge in [-0.1, -0.05) is 47.7 Å². The summed E-state index contributed by atoms with van der Waals surface area (Å²) in [4.78, 5) is 30.9. The molecule has 164 valence electrons. The third-order valence-electron chi connectivity index (χ3n) is 5.54. The average molecular weight is 466 g/mol. The fourth-order valence-electron chi connectivity index (χ4n) is 3.85. The van der Waals surface area contributed by atoms with E-state index in [4.69, 9.17) is 9.72 Å². The number of nitrogens with one attached hydrogen (secondary N) is 1. The van der Waals surface area contributed by atoms with Crippen LogP contribution in [0.4, 0.5) is 0 Å². The van der Waals surface area contributed by atoms with Crippen LogP contribution in [0.15, 0.2) is 58.5 Å². The van der Waals surface area contributed by atoms with Gasteiger partial charge in [0.2, 0.25) is 5.91 Å². The lowest BCUT2D eigenvalue weighted by Crippen LogP contribution is -2.33. The average Bonchev–Trinajstić information content (AvgIpc) is 3.45. The van der Waals surface area contributed by atoms with Crippen LogP contribution in [-0.4, -0.2) is 40.5 Å². The Hall–Kier alpha value is -2.68. The van der Waals surface area contributed by atoms with Gasteiger partial charge in [-0.3, -0.25) is 14.2 Å². The molecule has 1 amide bonds. The van der Waals surface area contributed by atoms with Crippen molar-refractivity contribution in [2.24, 2.45) is 0 Å². The van der Waals surface area contributed by atoms with Crippen LogP contribution in [-0.2, 0) is 9.53 Å². The lowest BCUT2D eigenvalue weighted by Gasteiger charge is -2.13.